The summed E-state index contributed by atoms with van der Waals surface area (Å²) in [5.41, 5.74) is 3.31. The summed E-state index contributed by atoms with van der Waals surface area (Å²) in [6.45, 7) is 0. The van der Waals surface area contributed by atoms with Gasteiger partial charge in [-0.15, -0.1) is 0 Å². The van der Waals surface area contributed by atoms with Crippen LogP contribution in [0.4, 0.5) is 0 Å². The fourth-order valence-corrected chi connectivity index (χ4v) is 3.33. The van der Waals surface area contributed by atoms with Gasteiger partial charge in [0.05, 0.1) is 25.8 Å². The minimum atomic E-state index is -0.116. The zero-order chi connectivity index (χ0) is 17.6. The molecule has 0 aliphatic heterocycles. The van der Waals surface area contributed by atoms with E-state index in [0.717, 1.165) is 24.8 Å². The zero-order valence-corrected chi connectivity index (χ0v) is 14.6. The number of methoxy groups -OCH3 is 2. The van der Waals surface area contributed by atoms with Gasteiger partial charge in [0.2, 0.25) is 5.91 Å². The molecule has 1 amide bonds. The maximum Gasteiger partial charge on any atom is 0.244 e. The molecule has 1 aliphatic carbocycles. The van der Waals surface area contributed by atoms with Crippen LogP contribution >= 0.6 is 0 Å². The molecule has 2 aromatic rings. The first-order valence-electron chi connectivity index (χ1n) is 8.50. The third-order valence-electron chi connectivity index (χ3n) is 4.55. The molecule has 0 fully saturated rings. The van der Waals surface area contributed by atoms with Crippen molar-refractivity contribution in [1.29, 1.82) is 0 Å². The summed E-state index contributed by atoms with van der Waals surface area (Å²) in [6.07, 6.45) is 6.41. The summed E-state index contributed by atoms with van der Waals surface area (Å²) >= 11 is 0. The van der Waals surface area contributed by atoms with Crippen molar-refractivity contribution in [3.05, 3.63) is 65.2 Å². The van der Waals surface area contributed by atoms with Crippen molar-refractivity contribution in [2.45, 2.75) is 25.3 Å². The lowest BCUT2D eigenvalue weighted by molar-refractivity contribution is -0.117. The first-order valence-corrected chi connectivity index (χ1v) is 8.50. The van der Waals surface area contributed by atoms with E-state index in [9.17, 15) is 4.79 Å². The first-order chi connectivity index (χ1) is 12.2. The Morgan fingerprint density at radius 1 is 1.08 bits per heavy atom. The molecule has 0 radical (unpaired) electrons. The van der Waals surface area contributed by atoms with Crippen molar-refractivity contribution in [2.75, 3.05) is 14.2 Å². The van der Waals surface area contributed by atoms with Gasteiger partial charge >= 0.3 is 0 Å². The van der Waals surface area contributed by atoms with E-state index in [2.05, 4.69) is 23.5 Å². The number of hydrogen-bond donors (Lipinski definition) is 1. The maximum absolute atomic E-state index is 12.4. The van der Waals surface area contributed by atoms with E-state index < -0.39 is 0 Å². The van der Waals surface area contributed by atoms with Gasteiger partial charge in [0, 0.05) is 6.08 Å². The van der Waals surface area contributed by atoms with Gasteiger partial charge in [-0.1, -0.05) is 30.3 Å². The van der Waals surface area contributed by atoms with Crippen molar-refractivity contribution in [1.82, 2.24) is 5.32 Å². The fraction of sp³-hybridized carbons (Fsp3) is 0.286. The molecule has 3 rings (SSSR count). The third kappa shape index (κ3) is 3.85. The number of ether oxygens (including phenoxy) is 2. The first kappa shape index (κ1) is 17.1. The number of fused-ring (bicyclic) bond motifs is 1. The smallest absolute Gasteiger partial charge is 0.244 e. The number of amides is 1. The fourth-order valence-electron chi connectivity index (χ4n) is 3.33. The Hall–Kier alpha value is -2.75. The van der Waals surface area contributed by atoms with E-state index in [1.165, 1.54) is 17.2 Å². The van der Waals surface area contributed by atoms with Crippen LogP contribution in [0.15, 0.2) is 48.5 Å². The maximum atomic E-state index is 12.4. The van der Waals surface area contributed by atoms with E-state index in [1.807, 2.05) is 24.3 Å². The van der Waals surface area contributed by atoms with E-state index in [1.54, 1.807) is 20.3 Å². The number of aryl methyl sites for hydroxylation is 1. The van der Waals surface area contributed by atoms with Crippen molar-refractivity contribution in [3.8, 4) is 11.5 Å². The quantitative estimate of drug-likeness (QED) is 0.842. The third-order valence-corrected chi connectivity index (χ3v) is 4.55. The molecule has 0 saturated heterocycles. The predicted molar refractivity (Wildman–Crippen MR) is 98.8 cm³/mol. The van der Waals surface area contributed by atoms with E-state index >= 15 is 0 Å². The Morgan fingerprint density at radius 2 is 1.80 bits per heavy atom. The van der Waals surface area contributed by atoms with Crippen LogP contribution in [0.2, 0.25) is 0 Å². The Morgan fingerprint density at radius 3 is 2.52 bits per heavy atom. The Kier molecular flexibility index (Phi) is 5.39. The van der Waals surface area contributed by atoms with Gasteiger partial charge in [0.25, 0.3) is 0 Å². The molecular formula is C21H23NO3. The van der Waals surface area contributed by atoms with E-state index in [4.69, 9.17) is 9.47 Å². The average Bonchev–Trinajstić information content (AvgIpc) is 2.66. The number of carbonyl (C=O) groups excluding carboxylic acids is 1. The highest BCUT2D eigenvalue weighted by molar-refractivity contribution is 5.93. The summed E-state index contributed by atoms with van der Waals surface area (Å²) in [5.74, 6) is 1.23. The van der Waals surface area contributed by atoms with Gasteiger partial charge in [-0.25, -0.2) is 0 Å². The molecule has 130 valence electrons. The highest BCUT2D eigenvalue weighted by atomic mass is 16.5. The zero-order valence-electron chi connectivity index (χ0n) is 14.6. The summed E-state index contributed by atoms with van der Waals surface area (Å²) < 4.78 is 10.7. The number of rotatable bonds is 5. The van der Waals surface area contributed by atoms with Crippen molar-refractivity contribution < 1.29 is 14.3 Å². The number of hydrogen-bond acceptors (Lipinski definition) is 3. The number of benzene rings is 2. The van der Waals surface area contributed by atoms with Crippen LogP contribution in [-0.2, 0) is 11.2 Å². The largest absolute Gasteiger partial charge is 0.496 e. The van der Waals surface area contributed by atoms with Crippen molar-refractivity contribution >= 4 is 12.0 Å². The van der Waals surface area contributed by atoms with Gasteiger partial charge in [-0.3, -0.25) is 4.79 Å². The Balaban J connectivity index is 1.75. The molecule has 0 heterocycles. The lowest BCUT2D eigenvalue weighted by atomic mass is 9.88. The van der Waals surface area contributed by atoms with Crippen LogP contribution in [-0.4, -0.2) is 20.1 Å². The molecule has 0 saturated carbocycles. The standard InChI is InChI=1S/C21H23NO3/c1-24-19-11-6-12-20(25-2)17(19)13-14-21(23)22-18-10-5-8-15-7-3-4-9-16(15)18/h3-4,6-7,9,11-14,18H,5,8,10H2,1-2H3,(H,22,23)/b14-13+/t18-/m1/s1. The summed E-state index contributed by atoms with van der Waals surface area (Å²) in [7, 11) is 3.20. The molecule has 0 unspecified atom stereocenters. The molecule has 2 aromatic carbocycles. The van der Waals surface area contributed by atoms with Gasteiger partial charge in [0.15, 0.2) is 0 Å². The lowest BCUT2D eigenvalue weighted by Gasteiger charge is -2.25. The van der Waals surface area contributed by atoms with Gasteiger partial charge in [0.1, 0.15) is 11.5 Å². The average molecular weight is 337 g/mol. The Labute approximate surface area is 148 Å². The molecule has 1 N–H and O–H groups in total. The monoisotopic (exact) mass is 337 g/mol. The highest BCUT2D eigenvalue weighted by Gasteiger charge is 2.20. The predicted octanol–water partition coefficient (Wildman–Crippen LogP) is 3.91. The van der Waals surface area contributed by atoms with Gasteiger partial charge in [-0.05, 0) is 48.6 Å². The Bertz CT molecular complexity index is 760. The number of nitrogens with one attached hydrogen (secondary N) is 1. The van der Waals surface area contributed by atoms with E-state index in [0.29, 0.717) is 11.5 Å². The van der Waals surface area contributed by atoms with Crippen molar-refractivity contribution in [3.63, 3.8) is 0 Å². The van der Waals surface area contributed by atoms with Crippen LogP contribution in [0.25, 0.3) is 6.08 Å². The second kappa shape index (κ2) is 7.88. The molecule has 4 heteroatoms. The molecule has 25 heavy (non-hydrogen) atoms. The SMILES string of the molecule is COc1cccc(OC)c1/C=C/C(=O)N[C@@H]1CCCc2ccccc21. The molecule has 1 atom stereocenters. The van der Waals surface area contributed by atoms with Crippen LogP contribution in [0.3, 0.4) is 0 Å². The summed E-state index contributed by atoms with van der Waals surface area (Å²) in [5, 5.41) is 3.11. The van der Waals surface area contributed by atoms with Crippen LogP contribution in [0, 0.1) is 0 Å². The molecule has 0 spiro atoms. The minimum Gasteiger partial charge on any atom is -0.496 e. The minimum absolute atomic E-state index is 0.0710. The second-order valence-corrected chi connectivity index (χ2v) is 6.06. The highest BCUT2D eigenvalue weighted by Crippen LogP contribution is 2.31. The normalized spacial score (nSPS) is 16.3. The van der Waals surface area contributed by atoms with Crippen LogP contribution < -0.4 is 14.8 Å². The van der Waals surface area contributed by atoms with Gasteiger partial charge in [-0.2, -0.15) is 0 Å². The topological polar surface area (TPSA) is 47.6 Å². The number of carbonyl (C=O) groups is 1. The molecule has 0 bridgehead atoms. The molecule has 4 nitrogen and oxygen atoms in total. The lowest BCUT2D eigenvalue weighted by Crippen LogP contribution is -2.29. The second-order valence-electron chi connectivity index (χ2n) is 6.06. The molecule has 0 aromatic heterocycles. The van der Waals surface area contributed by atoms with Crippen molar-refractivity contribution in [2.24, 2.45) is 0 Å². The van der Waals surface area contributed by atoms with Crippen LogP contribution in [0.5, 0.6) is 11.5 Å². The summed E-state index contributed by atoms with van der Waals surface area (Å²) in [4.78, 5) is 12.4. The van der Waals surface area contributed by atoms with E-state index in [-0.39, 0.29) is 11.9 Å². The van der Waals surface area contributed by atoms with Crippen LogP contribution in [0.1, 0.15) is 35.6 Å². The summed E-state index contributed by atoms with van der Waals surface area (Å²) in [6, 6.07) is 13.9. The molecular weight excluding hydrogens is 314 g/mol. The van der Waals surface area contributed by atoms with Gasteiger partial charge < -0.3 is 14.8 Å². The molecule has 1 aliphatic rings.